The number of benzene rings is 2. The van der Waals surface area contributed by atoms with Gasteiger partial charge in [-0.2, -0.15) is 10.5 Å². The Balaban J connectivity index is 1.31. The number of thiazole rings is 1. The summed E-state index contributed by atoms with van der Waals surface area (Å²) in [5.41, 5.74) is 8.97. The zero-order valence-electron chi connectivity index (χ0n) is 23.5. The molecule has 0 spiro atoms. The van der Waals surface area contributed by atoms with Crippen LogP contribution in [0.3, 0.4) is 0 Å². The summed E-state index contributed by atoms with van der Waals surface area (Å²) in [6, 6.07) is 15.9. The molecule has 1 atom stereocenters. The Bertz CT molecular complexity index is 1720. The van der Waals surface area contributed by atoms with Crippen molar-refractivity contribution in [2.45, 2.75) is 36.5 Å². The summed E-state index contributed by atoms with van der Waals surface area (Å²) in [7, 11) is 1.40. The fourth-order valence-electron chi connectivity index (χ4n) is 4.38. The van der Waals surface area contributed by atoms with E-state index in [0.29, 0.717) is 51.7 Å². The molecule has 0 saturated carbocycles. The Morgan fingerprint density at radius 3 is 2.60 bits per heavy atom. The smallest absolute Gasteiger partial charge is 0.187 e. The molecular weight excluding hydrogens is 592 g/mol. The summed E-state index contributed by atoms with van der Waals surface area (Å²) in [6.45, 7) is 4.48. The molecule has 0 radical (unpaired) electrons. The molecule has 0 aliphatic carbocycles. The minimum absolute atomic E-state index is 0.0335. The Morgan fingerprint density at radius 2 is 1.93 bits per heavy atom. The van der Waals surface area contributed by atoms with Gasteiger partial charge in [-0.25, -0.2) is 14.4 Å². The molecule has 1 saturated heterocycles. The lowest BCUT2D eigenvalue weighted by atomic mass is 9.97. The number of nitrogens with zero attached hydrogens (tertiary/aromatic N) is 4. The van der Waals surface area contributed by atoms with E-state index in [0.717, 1.165) is 5.69 Å². The summed E-state index contributed by atoms with van der Waals surface area (Å²) < 4.78 is 36.0. The van der Waals surface area contributed by atoms with E-state index >= 15 is 0 Å². The zero-order valence-corrected chi connectivity index (χ0v) is 25.1. The third-order valence-corrected chi connectivity index (χ3v) is 8.19. The second-order valence-electron chi connectivity index (χ2n) is 9.84. The van der Waals surface area contributed by atoms with Gasteiger partial charge >= 0.3 is 0 Å². The van der Waals surface area contributed by atoms with Gasteiger partial charge in [0.05, 0.1) is 25.0 Å². The summed E-state index contributed by atoms with van der Waals surface area (Å²) in [6.07, 6.45) is -0.180. The van der Waals surface area contributed by atoms with Crippen LogP contribution in [0, 0.1) is 28.5 Å². The van der Waals surface area contributed by atoms with Crippen molar-refractivity contribution in [2.24, 2.45) is 0 Å². The summed E-state index contributed by atoms with van der Waals surface area (Å²) in [4.78, 5) is 8.96. The summed E-state index contributed by atoms with van der Waals surface area (Å²) in [5.74, 6) is 0.0804. The first-order valence-electron chi connectivity index (χ1n) is 13.1. The second kappa shape index (κ2) is 12.9. The van der Waals surface area contributed by atoms with Crippen LogP contribution in [0.2, 0.25) is 0 Å². The normalized spacial score (nSPS) is 15.4. The Kier molecular flexibility index (Phi) is 8.99. The van der Waals surface area contributed by atoms with Crippen molar-refractivity contribution in [3.63, 3.8) is 0 Å². The minimum atomic E-state index is -0.631. The van der Waals surface area contributed by atoms with E-state index in [9.17, 15) is 14.9 Å². The van der Waals surface area contributed by atoms with Crippen LogP contribution in [0.25, 0.3) is 11.1 Å². The van der Waals surface area contributed by atoms with Crippen molar-refractivity contribution >= 4 is 39.7 Å². The quantitative estimate of drug-likeness (QED) is 0.194. The van der Waals surface area contributed by atoms with Crippen molar-refractivity contribution in [2.75, 3.05) is 31.4 Å². The van der Waals surface area contributed by atoms with Crippen molar-refractivity contribution < 1.29 is 23.3 Å². The number of ether oxygens (including phenoxy) is 4. The van der Waals surface area contributed by atoms with Crippen molar-refractivity contribution in [1.82, 2.24) is 9.97 Å². The number of hydrogen-bond acceptors (Lipinski definition) is 12. The van der Waals surface area contributed by atoms with Crippen molar-refractivity contribution in [3.8, 4) is 34.8 Å². The highest BCUT2D eigenvalue weighted by Crippen LogP contribution is 2.38. The highest BCUT2D eigenvalue weighted by Gasteiger charge is 2.33. The monoisotopic (exact) mass is 618 g/mol. The van der Waals surface area contributed by atoms with Gasteiger partial charge in [0.25, 0.3) is 0 Å². The zero-order chi connectivity index (χ0) is 30.6. The van der Waals surface area contributed by atoms with Gasteiger partial charge in [0.1, 0.15) is 47.0 Å². The predicted molar refractivity (Wildman–Crippen MR) is 162 cm³/mol. The number of pyridine rings is 1. The van der Waals surface area contributed by atoms with Gasteiger partial charge < -0.3 is 30.0 Å². The maximum absolute atomic E-state index is 13.7. The second-order valence-corrected chi connectivity index (χ2v) is 11.7. The largest absolute Gasteiger partial charge is 0.494 e. The molecule has 13 heteroatoms. The number of nitrogens with one attached hydrogen (secondary N) is 1. The summed E-state index contributed by atoms with van der Waals surface area (Å²) >= 11 is 2.67. The molecule has 220 valence electrons. The molecule has 5 rings (SSSR count). The van der Waals surface area contributed by atoms with Crippen LogP contribution in [-0.2, 0) is 15.2 Å². The molecule has 2 aromatic carbocycles. The molecule has 43 heavy (non-hydrogen) atoms. The predicted octanol–water partition coefficient (Wildman–Crippen LogP) is 6.24. The number of aromatic nitrogens is 2. The van der Waals surface area contributed by atoms with Gasteiger partial charge in [-0.1, -0.05) is 23.9 Å². The van der Waals surface area contributed by atoms with Crippen LogP contribution in [-0.4, -0.2) is 42.2 Å². The third kappa shape index (κ3) is 6.98. The van der Waals surface area contributed by atoms with E-state index in [1.807, 2.05) is 19.2 Å². The first-order valence-corrected chi connectivity index (χ1v) is 14.9. The molecule has 10 nitrogen and oxygen atoms in total. The lowest BCUT2D eigenvalue weighted by molar-refractivity contribution is -0.141. The van der Waals surface area contributed by atoms with Crippen molar-refractivity contribution in [3.05, 3.63) is 70.5 Å². The Labute approximate surface area is 256 Å². The molecule has 1 aliphatic heterocycles. The Hall–Kier alpha value is -4.40. The lowest BCUT2D eigenvalue weighted by Crippen LogP contribution is -2.25. The van der Waals surface area contributed by atoms with E-state index < -0.39 is 11.6 Å². The van der Waals surface area contributed by atoms with Gasteiger partial charge in [-0.3, -0.25) is 0 Å². The maximum atomic E-state index is 13.7. The van der Waals surface area contributed by atoms with E-state index in [-0.39, 0.29) is 28.8 Å². The highest BCUT2D eigenvalue weighted by molar-refractivity contribution is 7.98. The number of anilines is 3. The molecule has 4 aromatic rings. The number of nitrogens with two attached hydrogens (primary N) is 1. The molecule has 1 aliphatic rings. The summed E-state index contributed by atoms with van der Waals surface area (Å²) in [5, 5.41) is 26.0. The van der Waals surface area contributed by atoms with Crippen LogP contribution in [0.5, 0.6) is 11.5 Å². The van der Waals surface area contributed by atoms with Crippen molar-refractivity contribution in [1.29, 1.82) is 10.5 Å². The van der Waals surface area contributed by atoms with Gasteiger partial charge in [0.15, 0.2) is 22.5 Å². The number of methoxy groups -OCH3 is 1. The number of rotatable bonds is 10. The molecular formula is C30H27FN6O4S2. The van der Waals surface area contributed by atoms with Crippen LogP contribution in [0.4, 0.5) is 21.0 Å². The number of nitriles is 2. The highest BCUT2D eigenvalue weighted by atomic mass is 32.2. The van der Waals surface area contributed by atoms with E-state index in [1.165, 1.54) is 36.3 Å². The molecule has 3 heterocycles. The van der Waals surface area contributed by atoms with Gasteiger partial charge in [-0.15, -0.1) is 11.3 Å². The molecule has 1 fully saturated rings. The fourth-order valence-corrected chi connectivity index (χ4v) is 6.10. The Morgan fingerprint density at radius 1 is 1.16 bits per heavy atom. The first-order chi connectivity index (χ1) is 20.7. The SMILES string of the molecule is COc1cc(Nc2nc(CSc3nc(N)c(C#N)c(-c4ccc(OC[C@@H]5COC(C)(C)O5)cc4)c3C#N)cs2)ccc1F. The number of thioether (sulfide) groups is 1. The maximum Gasteiger partial charge on any atom is 0.187 e. The standard InChI is InChI=1S/C30H27FN6O4S2/c1-30(2)40-14-21(41-30)13-39-20-7-4-17(5-8-20)26-22(11-32)27(34)37-28(23(26)12-33)42-15-19-16-43-29(36-19)35-18-6-9-24(31)25(10-18)38-3/h4-10,16,21H,13-15H2,1-3H3,(H2,34,37)(H,35,36)/t21-/m1/s1. The number of halogens is 1. The number of hydrogen-bond donors (Lipinski definition) is 2. The van der Waals surface area contributed by atoms with Gasteiger partial charge in [-0.05, 0) is 43.7 Å². The van der Waals surface area contributed by atoms with E-state index in [4.69, 9.17) is 24.7 Å². The number of nitrogen functional groups attached to an aromatic ring is 1. The molecule has 0 amide bonds. The van der Waals surface area contributed by atoms with Crippen LogP contribution < -0.4 is 20.5 Å². The van der Waals surface area contributed by atoms with Gasteiger partial charge in [0.2, 0.25) is 0 Å². The molecule has 3 N–H and O–H groups in total. The van der Waals surface area contributed by atoms with Crippen LogP contribution in [0.15, 0.2) is 52.9 Å². The average molecular weight is 619 g/mol. The minimum Gasteiger partial charge on any atom is -0.494 e. The van der Waals surface area contributed by atoms with Gasteiger partial charge in [0, 0.05) is 28.5 Å². The molecule has 2 aromatic heterocycles. The molecule has 0 bridgehead atoms. The van der Waals surface area contributed by atoms with Crippen LogP contribution in [0.1, 0.15) is 30.7 Å². The van der Waals surface area contributed by atoms with E-state index in [2.05, 4.69) is 27.4 Å². The lowest BCUT2D eigenvalue weighted by Gasteiger charge is -2.17. The topological polar surface area (TPSA) is 148 Å². The van der Waals surface area contributed by atoms with Crippen LogP contribution >= 0.6 is 23.1 Å². The first kappa shape index (κ1) is 30.1. The van der Waals surface area contributed by atoms with E-state index in [1.54, 1.807) is 36.4 Å². The third-order valence-electron chi connectivity index (χ3n) is 6.37. The molecule has 0 unspecified atom stereocenters. The fraction of sp³-hybridized carbons (Fsp3) is 0.267. The average Bonchev–Trinajstić information content (AvgIpc) is 3.60.